The van der Waals surface area contributed by atoms with Gasteiger partial charge in [-0.05, 0) is 31.1 Å². The molecule has 0 aliphatic rings. The minimum absolute atomic E-state index is 0.0636. The molecule has 0 rings (SSSR count). The summed E-state index contributed by atoms with van der Waals surface area (Å²) in [6.45, 7) is 11.4. The lowest BCUT2D eigenvalue weighted by Crippen LogP contribution is -2.30. The Labute approximate surface area is 368 Å². The van der Waals surface area contributed by atoms with Crippen LogP contribution in [-0.2, 0) is 28.6 Å². The van der Waals surface area contributed by atoms with Gasteiger partial charge in [0.25, 0.3) is 0 Å². The molecule has 0 radical (unpaired) electrons. The number of unbranched alkanes of at least 4 members (excludes halogenated alkanes) is 32. The molecule has 0 saturated heterocycles. The molecule has 6 heteroatoms. The van der Waals surface area contributed by atoms with E-state index in [1.165, 1.54) is 180 Å². The van der Waals surface area contributed by atoms with Crippen LogP contribution < -0.4 is 0 Å². The average molecular weight is 835 g/mol. The van der Waals surface area contributed by atoms with Crippen molar-refractivity contribution in [3.05, 3.63) is 0 Å². The second-order valence-corrected chi connectivity index (χ2v) is 19.1. The lowest BCUT2D eigenvalue weighted by molar-refractivity contribution is -0.167. The Balaban J connectivity index is 4.32. The molecule has 0 aliphatic carbocycles. The van der Waals surface area contributed by atoms with Crippen molar-refractivity contribution in [3.8, 4) is 0 Å². The summed E-state index contributed by atoms with van der Waals surface area (Å²) in [5.41, 5.74) is 0. The van der Waals surface area contributed by atoms with Crippen LogP contribution >= 0.6 is 0 Å². The number of rotatable bonds is 47. The Bertz CT molecular complexity index is 900. The van der Waals surface area contributed by atoms with E-state index in [-0.39, 0.29) is 31.1 Å². The maximum Gasteiger partial charge on any atom is 0.306 e. The van der Waals surface area contributed by atoms with Crippen LogP contribution in [0.15, 0.2) is 0 Å². The maximum absolute atomic E-state index is 12.8. The molecule has 0 unspecified atom stereocenters. The first kappa shape index (κ1) is 57.4. The van der Waals surface area contributed by atoms with Gasteiger partial charge in [0.2, 0.25) is 0 Å². The van der Waals surface area contributed by atoms with Crippen LogP contribution in [0.2, 0.25) is 0 Å². The molecule has 0 aromatic carbocycles. The molecule has 6 nitrogen and oxygen atoms in total. The molecule has 0 saturated carbocycles. The molecule has 0 spiro atoms. The van der Waals surface area contributed by atoms with Crippen molar-refractivity contribution in [2.75, 3.05) is 13.2 Å². The summed E-state index contributed by atoms with van der Waals surface area (Å²) in [5, 5.41) is 0. The van der Waals surface area contributed by atoms with Crippen LogP contribution in [-0.4, -0.2) is 37.2 Å². The molecule has 0 bridgehead atoms. The second-order valence-electron chi connectivity index (χ2n) is 19.1. The van der Waals surface area contributed by atoms with Crippen LogP contribution in [0.4, 0.5) is 0 Å². The van der Waals surface area contributed by atoms with Crippen molar-refractivity contribution in [1.82, 2.24) is 0 Å². The molecule has 0 aromatic rings. The van der Waals surface area contributed by atoms with E-state index in [4.69, 9.17) is 14.2 Å². The van der Waals surface area contributed by atoms with Gasteiger partial charge < -0.3 is 14.2 Å². The van der Waals surface area contributed by atoms with Gasteiger partial charge in [0.1, 0.15) is 13.2 Å². The Morgan fingerprint density at radius 3 is 0.831 bits per heavy atom. The fourth-order valence-electron chi connectivity index (χ4n) is 7.99. The third-order valence-corrected chi connectivity index (χ3v) is 12.0. The number of carbonyl (C=O) groups is 3. The Hall–Kier alpha value is -1.59. The number of carbonyl (C=O) groups excluding carboxylic acids is 3. The Kier molecular flexibility index (Phi) is 44.7. The summed E-state index contributed by atoms with van der Waals surface area (Å²) in [6.07, 6.45) is 46.6. The average Bonchev–Trinajstić information content (AvgIpc) is 3.20. The van der Waals surface area contributed by atoms with Crippen molar-refractivity contribution in [3.63, 3.8) is 0 Å². The summed E-state index contributed by atoms with van der Waals surface area (Å²) in [6, 6.07) is 0. The third kappa shape index (κ3) is 47.3. The van der Waals surface area contributed by atoms with Crippen molar-refractivity contribution in [1.29, 1.82) is 0 Å². The van der Waals surface area contributed by atoms with E-state index in [0.29, 0.717) is 19.3 Å². The number of hydrogen-bond donors (Lipinski definition) is 0. The van der Waals surface area contributed by atoms with Crippen molar-refractivity contribution in [2.24, 2.45) is 11.8 Å². The molecule has 0 heterocycles. The second kappa shape index (κ2) is 45.9. The van der Waals surface area contributed by atoms with E-state index in [2.05, 4.69) is 34.6 Å². The van der Waals surface area contributed by atoms with Crippen LogP contribution in [0.1, 0.15) is 291 Å². The molecule has 0 fully saturated rings. The highest BCUT2D eigenvalue weighted by molar-refractivity contribution is 5.71. The highest BCUT2D eigenvalue weighted by Gasteiger charge is 2.19. The van der Waals surface area contributed by atoms with E-state index >= 15 is 0 Å². The smallest absolute Gasteiger partial charge is 0.306 e. The van der Waals surface area contributed by atoms with Gasteiger partial charge in [-0.15, -0.1) is 0 Å². The van der Waals surface area contributed by atoms with E-state index in [1.807, 2.05) is 0 Å². The molecular weight excluding hydrogens is 733 g/mol. The summed E-state index contributed by atoms with van der Waals surface area (Å²) in [4.78, 5) is 38.0. The molecule has 350 valence electrons. The van der Waals surface area contributed by atoms with Crippen molar-refractivity contribution < 1.29 is 28.6 Å². The van der Waals surface area contributed by atoms with Gasteiger partial charge in [-0.2, -0.15) is 0 Å². The van der Waals surface area contributed by atoms with Gasteiger partial charge in [0.05, 0.1) is 0 Å². The molecule has 0 N–H and O–H groups in total. The SMILES string of the molecule is CCCCCCCCCCCCCCCCC(=O)OC[C@@H](COC(=O)CCCCCCCCCCCC(C)C)OC(=O)CCCCCCCCCCCCCCC(C)C. The Morgan fingerprint density at radius 2 is 0.559 bits per heavy atom. The third-order valence-electron chi connectivity index (χ3n) is 12.0. The van der Waals surface area contributed by atoms with Crippen molar-refractivity contribution >= 4 is 17.9 Å². The van der Waals surface area contributed by atoms with E-state index < -0.39 is 6.10 Å². The first-order valence-corrected chi connectivity index (χ1v) is 26.2. The minimum Gasteiger partial charge on any atom is -0.462 e. The van der Waals surface area contributed by atoms with Gasteiger partial charge >= 0.3 is 17.9 Å². The molecule has 59 heavy (non-hydrogen) atoms. The van der Waals surface area contributed by atoms with Gasteiger partial charge in [-0.3, -0.25) is 14.4 Å². The van der Waals surface area contributed by atoms with Gasteiger partial charge in [0, 0.05) is 19.3 Å². The number of hydrogen-bond acceptors (Lipinski definition) is 6. The highest BCUT2D eigenvalue weighted by atomic mass is 16.6. The summed E-state index contributed by atoms with van der Waals surface area (Å²) in [7, 11) is 0. The van der Waals surface area contributed by atoms with Crippen LogP contribution in [0.5, 0.6) is 0 Å². The van der Waals surface area contributed by atoms with Gasteiger partial charge in [-0.25, -0.2) is 0 Å². The zero-order chi connectivity index (χ0) is 43.3. The zero-order valence-electron chi connectivity index (χ0n) is 40.4. The van der Waals surface area contributed by atoms with Crippen molar-refractivity contribution in [2.45, 2.75) is 298 Å². The topological polar surface area (TPSA) is 78.9 Å². The minimum atomic E-state index is -0.762. The first-order valence-electron chi connectivity index (χ1n) is 26.2. The normalized spacial score (nSPS) is 12.1. The number of esters is 3. The first-order chi connectivity index (χ1) is 28.7. The van der Waals surface area contributed by atoms with Gasteiger partial charge in [0.15, 0.2) is 6.10 Å². The molecule has 0 amide bonds. The fraction of sp³-hybridized carbons (Fsp3) is 0.943. The molecule has 1 atom stereocenters. The predicted molar refractivity (Wildman–Crippen MR) is 252 cm³/mol. The summed E-state index contributed by atoms with van der Waals surface area (Å²) >= 11 is 0. The molecule has 0 aromatic heterocycles. The standard InChI is InChI=1S/C53H102O6/c1-6-7-8-9-10-11-12-13-14-18-23-28-33-38-43-51(54)57-46-50(47-58-52(55)44-39-34-29-25-20-22-27-32-37-42-49(4)5)59-53(56)45-40-35-30-24-19-16-15-17-21-26-31-36-41-48(2)3/h48-50H,6-47H2,1-5H3/t50-/m0/s1. The molecule has 0 aliphatic heterocycles. The highest BCUT2D eigenvalue weighted by Crippen LogP contribution is 2.17. The lowest BCUT2D eigenvalue weighted by Gasteiger charge is -2.18. The lowest BCUT2D eigenvalue weighted by atomic mass is 10.0. The van der Waals surface area contributed by atoms with E-state index in [9.17, 15) is 14.4 Å². The molecular formula is C53H102O6. The van der Waals surface area contributed by atoms with Crippen LogP contribution in [0.25, 0.3) is 0 Å². The summed E-state index contributed by atoms with van der Waals surface area (Å²) in [5.74, 6) is 0.793. The van der Waals surface area contributed by atoms with Crippen LogP contribution in [0.3, 0.4) is 0 Å². The largest absolute Gasteiger partial charge is 0.462 e. The monoisotopic (exact) mass is 835 g/mol. The number of ether oxygens (including phenoxy) is 3. The fourth-order valence-corrected chi connectivity index (χ4v) is 7.99. The maximum atomic E-state index is 12.8. The van der Waals surface area contributed by atoms with E-state index in [1.54, 1.807) is 0 Å². The quantitative estimate of drug-likeness (QED) is 0.0345. The predicted octanol–water partition coefficient (Wildman–Crippen LogP) is 16.9. The zero-order valence-corrected chi connectivity index (χ0v) is 40.4. The van der Waals surface area contributed by atoms with E-state index in [0.717, 1.165) is 69.6 Å². The summed E-state index contributed by atoms with van der Waals surface area (Å²) < 4.78 is 16.8. The van der Waals surface area contributed by atoms with Crippen LogP contribution in [0, 0.1) is 11.8 Å². The Morgan fingerprint density at radius 1 is 0.322 bits per heavy atom. The van der Waals surface area contributed by atoms with Gasteiger partial charge in [-0.1, -0.05) is 253 Å².